The summed E-state index contributed by atoms with van der Waals surface area (Å²) in [6, 6.07) is 0.414. The van der Waals surface area contributed by atoms with Crippen molar-refractivity contribution in [3.63, 3.8) is 0 Å². The lowest BCUT2D eigenvalue weighted by Gasteiger charge is -2.37. The molecule has 1 fully saturated rings. The molecule has 0 N–H and O–H groups in total. The normalized spacial score (nSPS) is 18.1. The number of aryl methyl sites for hydroxylation is 1. The van der Waals surface area contributed by atoms with Gasteiger partial charge in [0.1, 0.15) is 10.0 Å². The van der Waals surface area contributed by atoms with Gasteiger partial charge in [0.15, 0.2) is 0 Å². The number of hydrogen-bond acceptors (Lipinski definition) is 7. The quantitative estimate of drug-likeness (QED) is 0.846. The second kappa shape index (κ2) is 6.81. The molecule has 114 valence electrons. The first kappa shape index (κ1) is 14.9. The number of anilines is 1. The molecule has 0 aliphatic carbocycles. The van der Waals surface area contributed by atoms with Crippen LogP contribution in [-0.4, -0.2) is 46.3 Å². The van der Waals surface area contributed by atoms with Crippen LogP contribution in [0.4, 0.5) is 5.13 Å². The fraction of sp³-hybridized carbons (Fsp3) is 0.643. The highest BCUT2D eigenvalue weighted by Crippen LogP contribution is 2.26. The summed E-state index contributed by atoms with van der Waals surface area (Å²) in [4.78, 5) is 9.30. The molecule has 1 atom stereocenters. The first-order valence-corrected chi connectivity index (χ1v) is 9.18. The Morgan fingerprint density at radius 2 is 2.05 bits per heavy atom. The molecule has 0 saturated carbocycles. The number of thiazole rings is 1. The summed E-state index contributed by atoms with van der Waals surface area (Å²) in [7, 11) is 0. The van der Waals surface area contributed by atoms with E-state index in [0.717, 1.165) is 49.2 Å². The van der Waals surface area contributed by atoms with Gasteiger partial charge in [-0.05, 0) is 13.3 Å². The first-order chi connectivity index (χ1) is 10.3. The number of piperazine rings is 1. The van der Waals surface area contributed by atoms with E-state index >= 15 is 0 Å². The molecule has 2 aromatic heterocycles. The molecule has 0 amide bonds. The van der Waals surface area contributed by atoms with Crippen molar-refractivity contribution in [2.45, 2.75) is 32.7 Å². The lowest BCUT2D eigenvalue weighted by Crippen LogP contribution is -2.47. The summed E-state index contributed by atoms with van der Waals surface area (Å²) < 4.78 is 0. The largest absolute Gasteiger partial charge is 0.344 e. The van der Waals surface area contributed by atoms with Crippen molar-refractivity contribution in [1.82, 2.24) is 20.1 Å². The van der Waals surface area contributed by atoms with Crippen molar-refractivity contribution in [2.24, 2.45) is 0 Å². The summed E-state index contributed by atoms with van der Waals surface area (Å²) in [5.41, 5.74) is 0. The van der Waals surface area contributed by atoms with Crippen molar-refractivity contribution < 1.29 is 0 Å². The Balaban J connectivity index is 1.57. The topological polar surface area (TPSA) is 45.2 Å². The van der Waals surface area contributed by atoms with Crippen molar-refractivity contribution in [1.29, 1.82) is 0 Å². The van der Waals surface area contributed by atoms with Gasteiger partial charge < -0.3 is 4.90 Å². The van der Waals surface area contributed by atoms with Crippen LogP contribution >= 0.6 is 22.7 Å². The van der Waals surface area contributed by atoms with Crippen molar-refractivity contribution in [3.8, 4) is 0 Å². The molecule has 5 nitrogen and oxygen atoms in total. The number of hydrogen-bond donors (Lipinski definition) is 0. The Morgan fingerprint density at radius 3 is 2.71 bits per heavy atom. The molecule has 1 unspecified atom stereocenters. The predicted molar refractivity (Wildman–Crippen MR) is 88.2 cm³/mol. The minimum Gasteiger partial charge on any atom is -0.344 e. The fourth-order valence-corrected chi connectivity index (χ4v) is 4.31. The Kier molecular flexibility index (Phi) is 4.82. The molecule has 1 saturated heterocycles. The predicted octanol–water partition coefficient (Wildman–Crippen LogP) is 2.83. The average molecular weight is 323 g/mol. The average Bonchev–Trinajstić information content (AvgIpc) is 3.19. The van der Waals surface area contributed by atoms with Gasteiger partial charge >= 0.3 is 0 Å². The van der Waals surface area contributed by atoms with Crippen LogP contribution in [0.1, 0.15) is 36.3 Å². The van der Waals surface area contributed by atoms with Crippen LogP contribution in [0.5, 0.6) is 0 Å². The maximum absolute atomic E-state index is 4.44. The van der Waals surface area contributed by atoms with Crippen molar-refractivity contribution >= 4 is 27.8 Å². The van der Waals surface area contributed by atoms with Crippen LogP contribution in [-0.2, 0) is 6.42 Å². The molecule has 0 spiro atoms. The van der Waals surface area contributed by atoms with Crippen LogP contribution in [0.25, 0.3) is 0 Å². The van der Waals surface area contributed by atoms with Gasteiger partial charge in [-0.25, -0.2) is 4.98 Å². The van der Waals surface area contributed by atoms with Crippen LogP contribution < -0.4 is 4.90 Å². The van der Waals surface area contributed by atoms with E-state index in [1.165, 1.54) is 5.01 Å². The van der Waals surface area contributed by atoms with Gasteiger partial charge in [0.05, 0.1) is 6.04 Å². The number of aromatic nitrogens is 3. The van der Waals surface area contributed by atoms with Crippen molar-refractivity contribution in [3.05, 3.63) is 21.6 Å². The van der Waals surface area contributed by atoms with Gasteiger partial charge in [0.2, 0.25) is 5.13 Å². The maximum Gasteiger partial charge on any atom is 0.208 e. The molecule has 0 bridgehead atoms. The number of nitrogens with zero attached hydrogens (tertiary/aromatic N) is 5. The highest BCUT2D eigenvalue weighted by molar-refractivity contribution is 7.15. The molecular weight excluding hydrogens is 302 g/mol. The van der Waals surface area contributed by atoms with E-state index in [-0.39, 0.29) is 0 Å². The first-order valence-electron chi connectivity index (χ1n) is 7.48. The third kappa shape index (κ3) is 3.41. The van der Waals surface area contributed by atoms with E-state index in [0.29, 0.717) is 6.04 Å². The Labute approximate surface area is 133 Å². The van der Waals surface area contributed by atoms with E-state index in [9.17, 15) is 0 Å². The molecule has 1 aliphatic heterocycles. The highest BCUT2D eigenvalue weighted by atomic mass is 32.1. The van der Waals surface area contributed by atoms with Gasteiger partial charge in [-0.1, -0.05) is 18.3 Å². The minimum atomic E-state index is 0.414. The lowest BCUT2D eigenvalue weighted by molar-refractivity contribution is 0.198. The third-order valence-electron chi connectivity index (χ3n) is 3.86. The molecule has 3 heterocycles. The summed E-state index contributed by atoms with van der Waals surface area (Å²) in [5.74, 6) is 0. The second-order valence-electron chi connectivity index (χ2n) is 5.30. The molecule has 3 rings (SSSR count). The molecule has 0 aromatic carbocycles. The third-order valence-corrected chi connectivity index (χ3v) is 5.85. The molecule has 2 aromatic rings. The summed E-state index contributed by atoms with van der Waals surface area (Å²) in [6.07, 6.45) is 4.07. The molecule has 0 radical (unpaired) electrons. The molecule has 1 aliphatic rings. The zero-order valence-corrected chi connectivity index (χ0v) is 14.2. The van der Waals surface area contributed by atoms with Gasteiger partial charge in [-0.2, -0.15) is 0 Å². The smallest absolute Gasteiger partial charge is 0.208 e. The van der Waals surface area contributed by atoms with Crippen LogP contribution in [0.3, 0.4) is 0 Å². The SMILES string of the molecule is CCCc1nnc(N2CCN(C(C)c3nccs3)CC2)s1. The van der Waals surface area contributed by atoms with Crippen LogP contribution in [0.2, 0.25) is 0 Å². The zero-order chi connectivity index (χ0) is 14.7. The number of rotatable bonds is 5. The van der Waals surface area contributed by atoms with E-state index in [1.54, 1.807) is 22.7 Å². The van der Waals surface area contributed by atoms with Gasteiger partial charge in [0, 0.05) is 44.2 Å². The highest BCUT2D eigenvalue weighted by Gasteiger charge is 2.24. The van der Waals surface area contributed by atoms with Crippen LogP contribution in [0.15, 0.2) is 11.6 Å². The summed E-state index contributed by atoms with van der Waals surface area (Å²) in [5, 5.41) is 14.1. The molecular formula is C14H21N5S2. The van der Waals surface area contributed by atoms with E-state index in [1.807, 2.05) is 6.20 Å². The van der Waals surface area contributed by atoms with E-state index in [2.05, 4.69) is 44.2 Å². The minimum absolute atomic E-state index is 0.414. The van der Waals surface area contributed by atoms with E-state index in [4.69, 9.17) is 0 Å². The summed E-state index contributed by atoms with van der Waals surface area (Å²) >= 11 is 3.49. The fourth-order valence-electron chi connectivity index (χ4n) is 2.58. The standard InChI is InChI=1S/C14H21N5S2/c1-3-4-12-16-17-14(21-12)19-8-6-18(7-9-19)11(2)13-15-5-10-20-13/h5,10-11H,3-4,6-9H2,1-2H3. The van der Waals surface area contributed by atoms with Crippen LogP contribution in [0, 0.1) is 0 Å². The zero-order valence-electron chi connectivity index (χ0n) is 12.5. The monoisotopic (exact) mass is 323 g/mol. The second-order valence-corrected chi connectivity index (χ2v) is 7.26. The van der Waals surface area contributed by atoms with E-state index < -0.39 is 0 Å². The lowest BCUT2D eigenvalue weighted by atomic mass is 10.2. The molecule has 21 heavy (non-hydrogen) atoms. The van der Waals surface area contributed by atoms with Gasteiger partial charge in [-0.15, -0.1) is 21.5 Å². The Hall–Kier alpha value is -1.05. The Morgan fingerprint density at radius 1 is 1.24 bits per heavy atom. The Bertz CT molecular complexity index is 545. The summed E-state index contributed by atoms with van der Waals surface area (Å²) in [6.45, 7) is 8.60. The van der Waals surface area contributed by atoms with Gasteiger partial charge in [0.25, 0.3) is 0 Å². The molecule has 7 heteroatoms. The van der Waals surface area contributed by atoms with Gasteiger partial charge in [-0.3, -0.25) is 4.90 Å². The van der Waals surface area contributed by atoms with Crippen molar-refractivity contribution in [2.75, 3.05) is 31.1 Å². The maximum atomic E-state index is 4.44.